The van der Waals surface area contributed by atoms with Crippen LogP contribution < -0.4 is 10.4 Å². The van der Waals surface area contributed by atoms with Crippen LogP contribution in [0, 0.1) is 23.7 Å². The zero-order valence-electron chi connectivity index (χ0n) is 19.8. The Morgan fingerprint density at radius 1 is 0.973 bits per heavy atom. The van der Waals surface area contributed by atoms with Crippen molar-refractivity contribution in [1.82, 2.24) is 0 Å². The van der Waals surface area contributed by atoms with Gasteiger partial charge >= 0.3 is 7.12 Å². The molecule has 0 bridgehead atoms. The lowest BCUT2D eigenvalue weighted by Gasteiger charge is -2.44. The third-order valence-electron chi connectivity index (χ3n) is 8.29. The minimum absolute atomic E-state index is 0.0700. The Labute approximate surface area is 212 Å². The second-order valence-corrected chi connectivity index (χ2v) is 10.1. The molecule has 2 aliphatic heterocycles. The number of fused-ring (bicyclic) bond motifs is 4. The van der Waals surface area contributed by atoms with Gasteiger partial charge in [-0.05, 0) is 47.5 Å². The van der Waals surface area contributed by atoms with Gasteiger partial charge in [-0.25, -0.2) is 0 Å². The molecular formula is C27H26BNO8. The van der Waals surface area contributed by atoms with Crippen molar-refractivity contribution < 1.29 is 39.7 Å². The van der Waals surface area contributed by atoms with E-state index in [1.54, 1.807) is 24.3 Å². The van der Waals surface area contributed by atoms with Crippen LogP contribution in [0.5, 0.6) is 5.75 Å². The van der Waals surface area contributed by atoms with E-state index in [1.807, 2.05) is 18.2 Å². The molecule has 6 rings (SSSR count). The first-order valence-corrected chi connectivity index (χ1v) is 12.3. The van der Waals surface area contributed by atoms with Gasteiger partial charge in [-0.15, -0.1) is 0 Å². The highest BCUT2D eigenvalue weighted by molar-refractivity contribution is 6.58. The van der Waals surface area contributed by atoms with Crippen molar-refractivity contribution in [3.05, 3.63) is 66.2 Å². The predicted octanol–water partition coefficient (Wildman–Crippen LogP) is 0.809. The zero-order valence-corrected chi connectivity index (χ0v) is 19.8. The molecule has 1 aliphatic carbocycles. The van der Waals surface area contributed by atoms with Crippen LogP contribution in [0.15, 0.2) is 60.7 Å². The van der Waals surface area contributed by atoms with Crippen molar-refractivity contribution in [2.24, 2.45) is 23.7 Å². The molecule has 0 spiro atoms. The zero-order chi connectivity index (χ0) is 26.1. The van der Waals surface area contributed by atoms with Crippen LogP contribution in [0.2, 0.25) is 0 Å². The molecule has 190 valence electrons. The minimum Gasteiger partial charge on any atom is -0.507 e. The number of anilines is 1. The molecule has 1 saturated carbocycles. The maximum atomic E-state index is 13.7. The lowest BCUT2D eigenvalue weighted by atomic mass is 9.64. The Bertz CT molecular complexity index is 1410. The molecule has 10 heteroatoms. The number of phenolic OH excluding ortho intramolecular Hbond substituents is 1. The molecule has 2 amide bonds. The number of nitrogens with zero attached hydrogens (tertiary/aromatic N) is 1. The van der Waals surface area contributed by atoms with Crippen LogP contribution in [0.1, 0.15) is 24.5 Å². The fourth-order valence-electron chi connectivity index (χ4n) is 6.55. The van der Waals surface area contributed by atoms with Crippen LogP contribution in [0.25, 0.3) is 10.8 Å². The molecule has 3 aromatic rings. The third-order valence-corrected chi connectivity index (χ3v) is 8.29. The van der Waals surface area contributed by atoms with Crippen LogP contribution >= 0.6 is 0 Å². The molecule has 3 fully saturated rings. The Morgan fingerprint density at radius 2 is 1.73 bits per heavy atom. The van der Waals surface area contributed by atoms with Gasteiger partial charge in [-0.1, -0.05) is 42.5 Å². The highest BCUT2D eigenvalue weighted by Gasteiger charge is 2.66. The second-order valence-electron chi connectivity index (χ2n) is 10.1. The fraction of sp³-hybridized carbons (Fsp3) is 0.333. The van der Waals surface area contributed by atoms with Crippen LogP contribution in [0.4, 0.5) is 5.69 Å². The molecule has 9 nitrogen and oxygen atoms in total. The molecule has 0 unspecified atom stereocenters. The standard InChI is InChI=1S/C27H26BNO8/c30-13-14-10-20-24(26(33)29(25(20)32)16-5-3-4-15(11-16)28(35)36)21-12-23(37-27(14,21)34)19-8-9-22(31)18-7-2-1-6-17(18)19/h1-9,11,14,20-21,23-24,30-31,34-36H,10,12-13H2/t14-,20+,21+,23+,24+,27-/m1/s1. The van der Waals surface area contributed by atoms with Crippen molar-refractivity contribution in [2.75, 3.05) is 11.5 Å². The van der Waals surface area contributed by atoms with Gasteiger partial charge in [-0.3, -0.25) is 14.5 Å². The molecule has 6 atom stereocenters. The van der Waals surface area contributed by atoms with Gasteiger partial charge in [0.1, 0.15) is 5.75 Å². The monoisotopic (exact) mass is 503 g/mol. The maximum absolute atomic E-state index is 13.7. The molecule has 3 aliphatic rings. The number of aliphatic hydroxyl groups is 2. The average Bonchev–Trinajstić information content (AvgIpc) is 3.37. The summed E-state index contributed by atoms with van der Waals surface area (Å²) in [4.78, 5) is 28.3. The second kappa shape index (κ2) is 8.64. The quantitative estimate of drug-likeness (QED) is 0.260. The number of carbonyl (C=O) groups excluding carboxylic acids is 2. The Morgan fingerprint density at radius 3 is 2.46 bits per heavy atom. The van der Waals surface area contributed by atoms with Crippen LogP contribution in [0.3, 0.4) is 0 Å². The van der Waals surface area contributed by atoms with E-state index in [0.717, 1.165) is 15.8 Å². The lowest BCUT2D eigenvalue weighted by molar-refractivity contribution is -0.273. The van der Waals surface area contributed by atoms with Gasteiger partial charge < -0.3 is 30.1 Å². The summed E-state index contributed by atoms with van der Waals surface area (Å²) in [6.07, 6.45) is -0.315. The van der Waals surface area contributed by atoms with E-state index in [1.165, 1.54) is 18.2 Å². The van der Waals surface area contributed by atoms with Gasteiger partial charge in [0, 0.05) is 17.2 Å². The molecule has 5 N–H and O–H groups in total. The van der Waals surface area contributed by atoms with Crippen molar-refractivity contribution in [3.8, 4) is 5.75 Å². The SMILES string of the molecule is O=C1[C@H]2[C@H](C[C@H](CO)[C@@]3(O)O[C@H](c4ccc(O)c5ccccc45)C[C@@H]23)C(=O)N1c1cccc(B(O)O)c1. The van der Waals surface area contributed by atoms with Crippen LogP contribution in [-0.4, -0.2) is 56.7 Å². The third kappa shape index (κ3) is 3.52. The largest absolute Gasteiger partial charge is 0.507 e. The van der Waals surface area contributed by atoms with Gasteiger partial charge in [0.15, 0.2) is 5.79 Å². The number of benzene rings is 3. The first-order chi connectivity index (χ1) is 17.7. The summed E-state index contributed by atoms with van der Waals surface area (Å²) >= 11 is 0. The number of phenols is 1. The van der Waals surface area contributed by atoms with Gasteiger partial charge in [-0.2, -0.15) is 0 Å². The van der Waals surface area contributed by atoms with E-state index in [2.05, 4.69) is 0 Å². The Kier molecular flexibility index (Phi) is 5.63. The first-order valence-electron chi connectivity index (χ1n) is 12.3. The first kappa shape index (κ1) is 24.1. The number of aromatic hydroxyl groups is 1. The van der Waals surface area contributed by atoms with Crippen molar-refractivity contribution in [2.45, 2.75) is 24.7 Å². The number of carbonyl (C=O) groups is 2. The molecule has 37 heavy (non-hydrogen) atoms. The normalized spacial score (nSPS) is 31.0. The van der Waals surface area contributed by atoms with Crippen molar-refractivity contribution in [3.63, 3.8) is 0 Å². The summed E-state index contributed by atoms with van der Waals surface area (Å²) in [5.41, 5.74) is 1.10. The molecule has 2 heterocycles. The molecule has 3 aromatic carbocycles. The van der Waals surface area contributed by atoms with E-state index in [-0.39, 0.29) is 29.7 Å². The van der Waals surface area contributed by atoms with Gasteiger partial charge in [0.25, 0.3) is 0 Å². The highest BCUT2D eigenvalue weighted by Crippen LogP contribution is 2.59. The van der Waals surface area contributed by atoms with Crippen molar-refractivity contribution >= 4 is 40.9 Å². The summed E-state index contributed by atoms with van der Waals surface area (Å²) < 4.78 is 6.24. The number of amides is 2. The van der Waals surface area contributed by atoms with E-state index in [0.29, 0.717) is 5.39 Å². The summed E-state index contributed by atoms with van der Waals surface area (Å²) in [5, 5.41) is 52.8. The van der Waals surface area contributed by atoms with Crippen LogP contribution in [-0.2, 0) is 14.3 Å². The van der Waals surface area contributed by atoms with E-state index in [4.69, 9.17) is 4.74 Å². The minimum atomic E-state index is -1.82. The lowest BCUT2D eigenvalue weighted by Crippen LogP contribution is -2.54. The summed E-state index contributed by atoms with van der Waals surface area (Å²) in [7, 11) is -1.76. The topological polar surface area (TPSA) is 148 Å². The predicted molar refractivity (Wildman–Crippen MR) is 133 cm³/mol. The smallest absolute Gasteiger partial charge is 0.488 e. The Balaban J connectivity index is 1.40. The molecule has 0 radical (unpaired) electrons. The van der Waals surface area contributed by atoms with Crippen molar-refractivity contribution in [1.29, 1.82) is 0 Å². The highest BCUT2D eigenvalue weighted by atomic mass is 16.6. The number of rotatable bonds is 4. The number of imide groups is 1. The van der Waals surface area contributed by atoms with E-state index in [9.17, 15) is 35.0 Å². The van der Waals surface area contributed by atoms with Gasteiger partial charge in [0.05, 0.1) is 30.2 Å². The van der Waals surface area contributed by atoms with E-state index < -0.39 is 61.1 Å². The summed E-state index contributed by atoms with van der Waals surface area (Å²) in [6, 6.07) is 16.5. The molecule has 0 aromatic heterocycles. The maximum Gasteiger partial charge on any atom is 0.488 e. The summed E-state index contributed by atoms with van der Waals surface area (Å²) in [5.74, 6) is -5.80. The van der Waals surface area contributed by atoms with Gasteiger partial charge in [0.2, 0.25) is 11.8 Å². The van der Waals surface area contributed by atoms with E-state index >= 15 is 0 Å². The number of hydrogen-bond donors (Lipinski definition) is 5. The molecular weight excluding hydrogens is 477 g/mol. The number of ether oxygens (including phenoxy) is 1. The molecule has 2 saturated heterocycles. The Hall–Kier alpha value is -3.28. The number of hydrogen-bond acceptors (Lipinski definition) is 8. The number of aliphatic hydroxyl groups excluding tert-OH is 1. The fourth-order valence-corrected chi connectivity index (χ4v) is 6.55. The summed E-state index contributed by atoms with van der Waals surface area (Å²) in [6.45, 7) is -0.424. The average molecular weight is 503 g/mol.